The quantitative estimate of drug-likeness (QED) is 0.206. The molecule has 210 valence electrons. The van der Waals surface area contributed by atoms with Crippen molar-refractivity contribution in [3.05, 3.63) is 172 Å². The van der Waals surface area contributed by atoms with E-state index >= 15 is 0 Å². The van der Waals surface area contributed by atoms with Crippen LogP contribution in [0.2, 0.25) is 0 Å². The third-order valence-corrected chi connectivity index (χ3v) is 8.56. The minimum absolute atomic E-state index is 1.02. The van der Waals surface area contributed by atoms with Crippen LogP contribution < -0.4 is 10.4 Å². The molecule has 1 heterocycles. The summed E-state index contributed by atoms with van der Waals surface area (Å²) >= 11 is 0. The van der Waals surface area contributed by atoms with Crippen molar-refractivity contribution in [2.75, 3.05) is 0 Å². The average molecular weight is 556 g/mol. The molecule has 0 aliphatic heterocycles. The summed E-state index contributed by atoms with van der Waals surface area (Å²) in [6.45, 7) is 15.3. The normalized spacial score (nSPS) is 12.7. The Morgan fingerprint density at radius 3 is 2.09 bits per heavy atom. The van der Waals surface area contributed by atoms with E-state index in [4.69, 9.17) is 0 Å². The molecule has 1 heteroatoms. The standard InChI is InChI=1S/C42H37N/c1-7-34(37-19-11-21-39-38(37)20-12-22-40(39)41-29(4)24-27(2)25-30(41)5)36-18-9-8-17-35(36)31(6)32-15-10-16-33(26-32)42-28(3)14-13-23-43-42/h7-26H,1H2,2-6H3/b35-31+,36-34+. The van der Waals surface area contributed by atoms with Crippen molar-refractivity contribution in [3.63, 3.8) is 0 Å². The first-order chi connectivity index (χ1) is 20.9. The Hall–Kier alpha value is -5.01. The van der Waals surface area contributed by atoms with Crippen LogP contribution in [0.25, 0.3) is 44.3 Å². The molecule has 5 aromatic carbocycles. The van der Waals surface area contributed by atoms with E-state index in [-0.39, 0.29) is 0 Å². The predicted molar refractivity (Wildman–Crippen MR) is 185 cm³/mol. The molecule has 6 aromatic rings. The molecule has 0 atom stereocenters. The summed E-state index contributed by atoms with van der Waals surface area (Å²) in [6.07, 6.45) is 3.88. The van der Waals surface area contributed by atoms with Gasteiger partial charge in [0.15, 0.2) is 0 Å². The van der Waals surface area contributed by atoms with Gasteiger partial charge in [0, 0.05) is 11.8 Å². The molecule has 0 aliphatic rings. The Balaban J connectivity index is 1.60. The molecule has 0 unspecified atom stereocenters. The third-order valence-electron chi connectivity index (χ3n) is 8.56. The number of fused-ring (bicyclic) bond motifs is 1. The molecule has 1 nitrogen and oxygen atoms in total. The molecular formula is C42H37N. The first-order valence-corrected chi connectivity index (χ1v) is 14.9. The first kappa shape index (κ1) is 28.1. The second-order valence-electron chi connectivity index (χ2n) is 11.5. The van der Waals surface area contributed by atoms with Crippen molar-refractivity contribution in [2.45, 2.75) is 34.6 Å². The van der Waals surface area contributed by atoms with Gasteiger partial charge in [-0.25, -0.2) is 0 Å². The second-order valence-corrected chi connectivity index (χ2v) is 11.5. The summed E-state index contributed by atoms with van der Waals surface area (Å²) in [4.78, 5) is 4.67. The Kier molecular flexibility index (Phi) is 7.65. The van der Waals surface area contributed by atoms with E-state index in [0.717, 1.165) is 16.8 Å². The zero-order chi connectivity index (χ0) is 30.1. The van der Waals surface area contributed by atoms with Gasteiger partial charge in [-0.3, -0.25) is 4.98 Å². The summed E-state index contributed by atoms with van der Waals surface area (Å²) < 4.78 is 0. The van der Waals surface area contributed by atoms with E-state index in [2.05, 4.69) is 149 Å². The fourth-order valence-corrected chi connectivity index (χ4v) is 6.62. The monoisotopic (exact) mass is 555 g/mol. The van der Waals surface area contributed by atoms with Crippen molar-refractivity contribution in [1.82, 2.24) is 4.98 Å². The highest BCUT2D eigenvalue weighted by atomic mass is 14.7. The number of hydrogen-bond acceptors (Lipinski definition) is 1. The fraction of sp³-hybridized carbons (Fsp3) is 0.119. The number of rotatable bonds is 5. The first-order valence-electron chi connectivity index (χ1n) is 14.9. The van der Waals surface area contributed by atoms with E-state index < -0.39 is 0 Å². The third kappa shape index (κ3) is 5.24. The zero-order valence-corrected chi connectivity index (χ0v) is 25.7. The van der Waals surface area contributed by atoms with Crippen LogP contribution in [0.15, 0.2) is 128 Å². The van der Waals surface area contributed by atoms with Gasteiger partial charge in [-0.2, -0.15) is 0 Å². The summed E-state index contributed by atoms with van der Waals surface area (Å²) in [5.41, 5.74) is 14.6. The molecule has 1 aromatic heterocycles. The highest BCUT2D eigenvalue weighted by Crippen LogP contribution is 2.36. The molecule has 0 radical (unpaired) electrons. The molecule has 0 fully saturated rings. The van der Waals surface area contributed by atoms with Crippen LogP contribution in [-0.2, 0) is 0 Å². The maximum absolute atomic E-state index is 4.67. The number of aromatic nitrogens is 1. The molecule has 0 saturated heterocycles. The average Bonchev–Trinajstić information content (AvgIpc) is 3.01. The number of aryl methyl sites for hydroxylation is 4. The highest BCUT2D eigenvalue weighted by molar-refractivity contribution is 6.04. The topological polar surface area (TPSA) is 12.9 Å². The lowest BCUT2D eigenvalue weighted by Crippen LogP contribution is -2.28. The lowest BCUT2D eigenvalue weighted by atomic mass is 9.88. The largest absolute Gasteiger partial charge is 0.256 e. The van der Waals surface area contributed by atoms with Crippen LogP contribution in [-0.4, -0.2) is 4.98 Å². The van der Waals surface area contributed by atoms with Gasteiger partial charge in [-0.05, 0) is 118 Å². The van der Waals surface area contributed by atoms with E-state index in [0.29, 0.717) is 0 Å². The Bertz CT molecular complexity index is 2120. The van der Waals surface area contributed by atoms with Crippen LogP contribution in [0.3, 0.4) is 0 Å². The van der Waals surface area contributed by atoms with Crippen LogP contribution in [0.5, 0.6) is 0 Å². The zero-order valence-electron chi connectivity index (χ0n) is 25.7. The molecular weight excluding hydrogens is 518 g/mol. The van der Waals surface area contributed by atoms with E-state index in [1.165, 1.54) is 71.3 Å². The van der Waals surface area contributed by atoms with Gasteiger partial charge in [0.2, 0.25) is 0 Å². The second kappa shape index (κ2) is 11.7. The van der Waals surface area contributed by atoms with Gasteiger partial charge in [0.1, 0.15) is 0 Å². The maximum Gasteiger partial charge on any atom is 0.0731 e. The van der Waals surface area contributed by atoms with Crippen molar-refractivity contribution >= 4 is 21.9 Å². The summed E-state index contributed by atoms with van der Waals surface area (Å²) in [5.74, 6) is 0. The van der Waals surface area contributed by atoms with Gasteiger partial charge in [-0.15, -0.1) is 0 Å². The maximum atomic E-state index is 4.67. The highest BCUT2D eigenvalue weighted by Gasteiger charge is 2.14. The Labute approximate surface area is 255 Å². The van der Waals surface area contributed by atoms with E-state index in [9.17, 15) is 0 Å². The van der Waals surface area contributed by atoms with Gasteiger partial charge in [0.05, 0.1) is 5.69 Å². The van der Waals surface area contributed by atoms with Crippen molar-refractivity contribution in [3.8, 4) is 22.4 Å². The number of hydrogen-bond donors (Lipinski definition) is 0. The van der Waals surface area contributed by atoms with Gasteiger partial charge in [0.25, 0.3) is 0 Å². The number of allylic oxidation sites excluding steroid dienone is 1. The number of pyridine rings is 1. The molecule has 43 heavy (non-hydrogen) atoms. The minimum atomic E-state index is 1.02. The van der Waals surface area contributed by atoms with Crippen LogP contribution >= 0.6 is 0 Å². The summed E-state index contributed by atoms with van der Waals surface area (Å²) in [6, 6.07) is 39.4. The van der Waals surface area contributed by atoms with Crippen LogP contribution in [0.1, 0.15) is 40.3 Å². The summed E-state index contributed by atoms with van der Waals surface area (Å²) in [7, 11) is 0. The van der Waals surface area contributed by atoms with Gasteiger partial charge >= 0.3 is 0 Å². The van der Waals surface area contributed by atoms with Crippen molar-refractivity contribution in [2.24, 2.45) is 0 Å². The molecule has 0 saturated carbocycles. The predicted octanol–water partition coefficient (Wildman–Crippen LogP) is 9.41. The van der Waals surface area contributed by atoms with Crippen LogP contribution in [0, 0.1) is 27.7 Å². The minimum Gasteiger partial charge on any atom is -0.256 e. The molecule has 0 spiro atoms. The van der Waals surface area contributed by atoms with Gasteiger partial charge < -0.3 is 0 Å². The molecule has 0 aliphatic carbocycles. The fourth-order valence-electron chi connectivity index (χ4n) is 6.62. The Morgan fingerprint density at radius 1 is 0.651 bits per heavy atom. The number of nitrogens with zero attached hydrogens (tertiary/aromatic N) is 1. The van der Waals surface area contributed by atoms with Crippen molar-refractivity contribution < 1.29 is 0 Å². The summed E-state index contributed by atoms with van der Waals surface area (Å²) in [5, 5.41) is 4.86. The molecule has 6 rings (SSSR count). The van der Waals surface area contributed by atoms with Crippen molar-refractivity contribution in [1.29, 1.82) is 0 Å². The van der Waals surface area contributed by atoms with Crippen LogP contribution in [0.4, 0.5) is 0 Å². The Morgan fingerprint density at radius 2 is 1.35 bits per heavy atom. The molecule has 0 amide bonds. The lowest BCUT2D eigenvalue weighted by molar-refractivity contribution is 1.27. The van der Waals surface area contributed by atoms with E-state index in [1.54, 1.807) is 0 Å². The van der Waals surface area contributed by atoms with Gasteiger partial charge in [-0.1, -0.05) is 115 Å². The lowest BCUT2D eigenvalue weighted by Gasteiger charge is -2.16. The molecule has 0 bridgehead atoms. The SMILES string of the molecule is C=C/C(c1cccc2c(-c3c(C)cc(C)cc3C)cccc12)=c1/cccc/c1=C(/C)c1cccc(-c2ncccc2C)c1. The molecule has 0 N–H and O–H groups in total. The smallest absolute Gasteiger partial charge is 0.0731 e. The van der Waals surface area contributed by atoms with E-state index in [1.807, 2.05) is 18.3 Å². The number of benzene rings is 5.